The van der Waals surface area contributed by atoms with Crippen LogP contribution in [0.15, 0.2) is 18.2 Å². The standard InChI is InChI=1S/C22H33N3O5/c1-22(2,3)30-21(27)23-17-15-29-19-9-8-16(14-18(19)24(4)20(17)26)28-13-12-25-10-6-5-7-11-25/h8-9,14,17H,5-7,10-13,15H2,1-4H3,(H,23,27)/t17-/m0/s1. The van der Waals surface area contributed by atoms with Gasteiger partial charge in [0.1, 0.15) is 36.4 Å². The highest BCUT2D eigenvalue weighted by Gasteiger charge is 2.32. The molecule has 2 amide bonds. The van der Waals surface area contributed by atoms with E-state index in [2.05, 4.69) is 10.2 Å². The number of nitrogens with zero attached hydrogens (tertiary/aromatic N) is 2. The Morgan fingerprint density at radius 1 is 1.23 bits per heavy atom. The van der Waals surface area contributed by atoms with Crippen LogP contribution in [0.25, 0.3) is 0 Å². The van der Waals surface area contributed by atoms with Crippen LogP contribution >= 0.6 is 0 Å². The molecule has 2 aliphatic rings. The molecule has 1 aromatic carbocycles. The molecular weight excluding hydrogens is 386 g/mol. The van der Waals surface area contributed by atoms with Crippen molar-refractivity contribution in [1.82, 2.24) is 10.2 Å². The number of piperidine rings is 1. The maximum Gasteiger partial charge on any atom is 0.408 e. The molecule has 0 aromatic heterocycles. The third-order valence-electron chi connectivity index (χ3n) is 5.14. The summed E-state index contributed by atoms with van der Waals surface area (Å²) in [5, 5.41) is 2.60. The maximum absolute atomic E-state index is 12.9. The van der Waals surface area contributed by atoms with Crippen LogP contribution in [-0.4, -0.2) is 68.4 Å². The van der Waals surface area contributed by atoms with Gasteiger partial charge in [0, 0.05) is 19.7 Å². The van der Waals surface area contributed by atoms with Crippen molar-refractivity contribution in [3.63, 3.8) is 0 Å². The molecule has 1 saturated heterocycles. The molecule has 3 rings (SSSR count). The number of carbonyl (C=O) groups is 2. The lowest BCUT2D eigenvalue weighted by Crippen LogP contribution is -2.50. The quantitative estimate of drug-likeness (QED) is 0.791. The zero-order chi connectivity index (χ0) is 21.7. The van der Waals surface area contributed by atoms with Crippen molar-refractivity contribution in [3.05, 3.63) is 18.2 Å². The first kappa shape index (κ1) is 22.2. The zero-order valence-corrected chi connectivity index (χ0v) is 18.4. The molecular formula is C22H33N3O5. The van der Waals surface area contributed by atoms with Crippen LogP contribution in [-0.2, 0) is 9.53 Å². The van der Waals surface area contributed by atoms with Gasteiger partial charge in [-0.1, -0.05) is 6.42 Å². The lowest BCUT2D eigenvalue weighted by atomic mass is 10.1. The van der Waals surface area contributed by atoms with Crippen LogP contribution in [0.4, 0.5) is 10.5 Å². The van der Waals surface area contributed by atoms with Gasteiger partial charge in [0.2, 0.25) is 0 Å². The van der Waals surface area contributed by atoms with E-state index in [1.807, 2.05) is 6.07 Å². The Balaban J connectivity index is 1.60. The second-order valence-electron chi connectivity index (χ2n) is 8.79. The topological polar surface area (TPSA) is 80.3 Å². The number of anilines is 1. The van der Waals surface area contributed by atoms with E-state index in [1.165, 1.54) is 24.2 Å². The zero-order valence-electron chi connectivity index (χ0n) is 18.4. The number of benzene rings is 1. The Hall–Kier alpha value is -2.48. The molecule has 0 aliphatic carbocycles. The summed E-state index contributed by atoms with van der Waals surface area (Å²) in [5.41, 5.74) is -0.0300. The third kappa shape index (κ3) is 6.01. The minimum Gasteiger partial charge on any atom is -0.492 e. The third-order valence-corrected chi connectivity index (χ3v) is 5.14. The van der Waals surface area contributed by atoms with E-state index in [1.54, 1.807) is 40.0 Å². The summed E-state index contributed by atoms with van der Waals surface area (Å²) in [6.07, 6.45) is 3.17. The minimum absolute atomic E-state index is 0.0323. The van der Waals surface area contributed by atoms with E-state index in [9.17, 15) is 9.59 Å². The number of fused-ring (bicyclic) bond motifs is 1. The summed E-state index contributed by atoms with van der Waals surface area (Å²) in [5.74, 6) is 0.986. The van der Waals surface area contributed by atoms with Crippen molar-refractivity contribution in [1.29, 1.82) is 0 Å². The van der Waals surface area contributed by atoms with Gasteiger partial charge in [-0.15, -0.1) is 0 Å². The van der Waals surface area contributed by atoms with Crippen molar-refractivity contribution in [2.45, 2.75) is 51.7 Å². The molecule has 1 N–H and O–H groups in total. The van der Waals surface area contributed by atoms with E-state index < -0.39 is 17.7 Å². The first-order chi connectivity index (χ1) is 14.2. The number of carbonyl (C=O) groups excluding carboxylic acids is 2. The van der Waals surface area contributed by atoms with Crippen molar-refractivity contribution in [2.75, 3.05) is 44.8 Å². The number of rotatable bonds is 5. The number of alkyl carbamates (subject to hydrolysis) is 1. The summed E-state index contributed by atoms with van der Waals surface area (Å²) in [6.45, 7) is 9.09. The number of hydrogen-bond acceptors (Lipinski definition) is 6. The van der Waals surface area contributed by atoms with Gasteiger partial charge in [-0.2, -0.15) is 0 Å². The van der Waals surface area contributed by atoms with Gasteiger partial charge in [-0.05, 0) is 58.8 Å². The first-order valence-electron chi connectivity index (χ1n) is 10.6. The van der Waals surface area contributed by atoms with Gasteiger partial charge < -0.3 is 24.4 Å². The highest BCUT2D eigenvalue weighted by molar-refractivity contribution is 6.00. The van der Waals surface area contributed by atoms with Crippen LogP contribution < -0.4 is 19.7 Å². The summed E-state index contributed by atoms with van der Waals surface area (Å²) >= 11 is 0. The van der Waals surface area contributed by atoms with E-state index in [4.69, 9.17) is 14.2 Å². The number of ether oxygens (including phenoxy) is 3. The van der Waals surface area contributed by atoms with Gasteiger partial charge in [-0.3, -0.25) is 9.69 Å². The molecule has 0 spiro atoms. The summed E-state index contributed by atoms with van der Waals surface area (Å²) in [7, 11) is 1.66. The molecule has 1 fully saturated rings. The van der Waals surface area contributed by atoms with Crippen molar-refractivity contribution in [2.24, 2.45) is 0 Å². The van der Waals surface area contributed by atoms with Gasteiger partial charge in [-0.25, -0.2) is 4.79 Å². The van der Waals surface area contributed by atoms with Crippen LogP contribution in [0, 0.1) is 0 Å². The van der Waals surface area contributed by atoms with E-state index >= 15 is 0 Å². The van der Waals surface area contributed by atoms with Crippen LogP contribution in [0.5, 0.6) is 11.5 Å². The molecule has 8 heteroatoms. The number of likely N-dealkylation sites (N-methyl/N-ethyl adjacent to an activating group) is 1. The average molecular weight is 420 g/mol. The molecule has 8 nitrogen and oxygen atoms in total. The van der Waals surface area contributed by atoms with Crippen molar-refractivity contribution in [3.8, 4) is 11.5 Å². The average Bonchev–Trinajstić information content (AvgIpc) is 2.80. The normalized spacial score (nSPS) is 20.1. The Bertz CT molecular complexity index is 756. The smallest absolute Gasteiger partial charge is 0.408 e. The number of amides is 2. The Morgan fingerprint density at radius 2 is 1.97 bits per heavy atom. The van der Waals surface area contributed by atoms with Crippen LogP contribution in [0.3, 0.4) is 0 Å². The van der Waals surface area contributed by atoms with E-state index in [0.717, 1.165) is 19.6 Å². The van der Waals surface area contributed by atoms with Gasteiger partial charge in [0.15, 0.2) is 0 Å². The minimum atomic E-state index is -0.833. The molecule has 0 radical (unpaired) electrons. The van der Waals surface area contributed by atoms with Crippen LogP contribution in [0.1, 0.15) is 40.0 Å². The number of nitrogens with one attached hydrogen (secondary N) is 1. The lowest BCUT2D eigenvalue weighted by Gasteiger charge is -2.26. The molecule has 2 aliphatic heterocycles. The fourth-order valence-corrected chi connectivity index (χ4v) is 3.60. The lowest BCUT2D eigenvalue weighted by molar-refractivity contribution is -0.120. The Kier molecular flexibility index (Phi) is 7.07. The van der Waals surface area contributed by atoms with Crippen molar-refractivity contribution < 1.29 is 23.8 Å². The molecule has 166 valence electrons. The summed E-state index contributed by atoms with van der Waals surface area (Å²) < 4.78 is 17.0. The Morgan fingerprint density at radius 3 is 2.67 bits per heavy atom. The van der Waals surface area contributed by atoms with Gasteiger partial charge >= 0.3 is 6.09 Å². The monoisotopic (exact) mass is 419 g/mol. The fourth-order valence-electron chi connectivity index (χ4n) is 3.60. The fraction of sp³-hybridized carbons (Fsp3) is 0.636. The van der Waals surface area contributed by atoms with Gasteiger partial charge in [0.05, 0.1) is 5.69 Å². The van der Waals surface area contributed by atoms with E-state index in [-0.39, 0.29) is 12.5 Å². The molecule has 1 atom stereocenters. The molecule has 0 saturated carbocycles. The molecule has 1 aromatic rings. The predicted molar refractivity (Wildman–Crippen MR) is 114 cm³/mol. The largest absolute Gasteiger partial charge is 0.492 e. The second-order valence-corrected chi connectivity index (χ2v) is 8.79. The maximum atomic E-state index is 12.9. The van der Waals surface area contributed by atoms with Gasteiger partial charge in [0.25, 0.3) is 5.91 Å². The highest BCUT2D eigenvalue weighted by Crippen LogP contribution is 2.34. The molecule has 2 heterocycles. The summed E-state index contributed by atoms with van der Waals surface area (Å²) in [6, 6.07) is 4.61. The molecule has 30 heavy (non-hydrogen) atoms. The molecule has 0 unspecified atom stereocenters. The highest BCUT2D eigenvalue weighted by atomic mass is 16.6. The Labute approximate surface area is 178 Å². The van der Waals surface area contributed by atoms with Crippen LogP contribution in [0.2, 0.25) is 0 Å². The predicted octanol–water partition coefficient (Wildman–Crippen LogP) is 2.80. The number of hydrogen-bond donors (Lipinski definition) is 1. The number of likely N-dealkylation sites (tertiary alicyclic amines) is 1. The van der Waals surface area contributed by atoms with E-state index in [0.29, 0.717) is 23.8 Å². The van der Waals surface area contributed by atoms with Crippen molar-refractivity contribution >= 4 is 17.7 Å². The second kappa shape index (κ2) is 9.55. The molecule has 0 bridgehead atoms. The SMILES string of the molecule is CN1C(=O)[C@@H](NC(=O)OC(C)(C)C)COc2ccc(OCCN3CCCCC3)cc21. The first-order valence-corrected chi connectivity index (χ1v) is 10.6. The summed E-state index contributed by atoms with van der Waals surface area (Å²) in [4.78, 5) is 28.9.